The minimum atomic E-state index is -0.616. The summed E-state index contributed by atoms with van der Waals surface area (Å²) in [6, 6.07) is 16.1. The van der Waals surface area contributed by atoms with Crippen molar-refractivity contribution >= 4 is 23.3 Å². The Labute approximate surface area is 161 Å². The SMILES string of the molecule is CC(C)C(NC(=O)Nc1ccccc1)C(=O)NCc1ccc(N(C)C)cc1. The van der Waals surface area contributed by atoms with Crippen LogP contribution in [0.2, 0.25) is 0 Å². The smallest absolute Gasteiger partial charge is 0.319 e. The van der Waals surface area contributed by atoms with Crippen LogP contribution in [0.15, 0.2) is 54.6 Å². The maximum absolute atomic E-state index is 12.6. The fourth-order valence-electron chi connectivity index (χ4n) is 2.58. The fourth-order valence-corrected chi connectivity index (χ4v) is 2.58. The first-order chi connectivity index (χ1) is 12.9. The highest BCUT2D eigenvalue weighted by Gasteiger charge is 2.24. The molecule has 0 heterocycles. The van der Waals surface area contributed by atoms with E-state index in [1.54, 1.807) is 12.1 Å². The molecule has 0 saturated carbocycles. The Balaban J connectivity index is 1.91. The van der Waals surface area contributed by atoms with E-state index >= 15 is 0 Å². The van der Waals surface area contributed by atoms with E-state index in [1.807, 2.05) is 75.3 Å². The van der Waals surface area contributed by atoms with E-state index in [0.29, 0.717) is 12.2 Å². The molecule has 0 spiro atoms. The van der Waals surface area contributed by atoms with Crippen molar-refractivity contribution in [1.82, 2.24) is 10.6 Å². The maximum Gasteiger partial charge on any atom is 0.319 e. The van der Waals surface area contributed by atoms with Crippen LogP contribution < -0.4 is 20.9 Å². The summed E-state index contributed by atoms with van der Waals surface area (Å²) in [5.74, 6) is -0.243. The second-order valence-electron chi connectivity index (χ2n) is 6.96. The lowest BCUT2D eigenvalue weighted by atomic mass is 10.0. The third-order valence-electron chi connectivity index (χ3n) is 4.19. The molecule has 0 radical (unpaired) electrons. The number of rotatable bonds is 7. The van der Waals surface area contributed by atoms with Gasteiger partial charge in [0.15, 0.2) is 0 Å². The van der Waals surface area contributed by atoms with E-state index in [2.05, 4.69) is 16.0 Å². The number of benzene rings is 2. The van der Waals surface area contributed by atoms with Crippen molar-refractivity contribution in [3.05, 3.63) is 60.2 Å². The van der Waals surface area contributed by atoms with Gasteiger partial charge in [0.2, 0.25) is 5.91 Å². The summed E-state index contributed by atoms with van der Waals surface area (Å²) in [6.07, 6.45) is 0. The van der Waals surface area contributed by atoms with Gasteiger partial charge in [0.1, 0.15) is 6.04 Å². The second-order valence-corrected chi connectivity index (χ2v) is 6.96. The number of para-hydroxylation sites is 1. The number of urea groups is 1. The van der Waals surface area contributed by atoms with Crippen molar-refractivity contribution in [3.63, 3.8) is 0 Å². The third kappa shape index (κ3) is 6.33. The molecule has 1 unspecified atom stereocenters. The number of hydrogen-bond donors (Lipinski definition) is 3. The lowest BCUT2D eigenvalue weighted by Crippen LogP contribution is -2.50. The average Bonchev–Trinajstić information content (AvgIpc) is 2.65. The average molecular weight is 368 g/mol. The van der Waals surface area contributed by atoms with Crippen molar-refractivity contribution < 1.29 is 9.59 Å². The van der Waals surface area contributed by atoms with Crippen molar-refractivity contribution in [3.8, 4) is 0 Å². The molecule has 3 N–H and O–H groups in total. The Kier molecular flexibility index (Phi) is 7.23. The Morgan fingerprint density at radius 3 is 2.15 bits per heavy atom. The second kappa shape index (κ2) is 9.62. The molecule has 0 saturated heterocycles. The number of carbonyl (C=O) groups is 2. The van der Waals surface area contributed by atoms with Gasteiger partial charge in [-0.15, -0.1) is 0 Å². The molecule has 2 aromatic carbocycles. The number of carbonyl (C=O) groups excluding carboxylic acids is 2. The van der Waals surface area contributed by atoms with E-state index in [4.69, 9.17) is 0 Å². The van der Waals surface area contributed by atoms with E-state index < -0.39 is 12.1 Å². The van der Waals surface area contributed by atoms with Crippen molar-refractivity contribution in [2.45, 2.75) is 26.4 Å². The van der Waals surface area contributed by atoms with Crippen LogP contribution in [0.5, 0.6) is 0 Å². The highest BCUT2D eigenvalue weighted by Crippen LogP contribution is 2.12. The normalized spacial score (nSPS) is 11.6. The first-order valence-electron chi connectivity index (χ1n) is 9.03. The highest BCUT2D eigenvalue weighted by atomic mass is 16.2. The maximum atomic E-state index is 12.6. The van der Waals surface area contributed by atoms with Gasteiger partial charge in [0, 0.05) is 32.0 Å². The van der Waals surface area contributed by atoms with Gasteiger partial charge in [-0.1, -0.05) is 44.2 Å². The van der Waals surface area contributed by atoms with Gasteiger partial charge < -0.3 is 20.9 Å². The topological polar surface area (TPSA) is 73.5 Å². The number of hydrogen-bond acceptors (Lipinski definition) is 3. The van der Waals surface area contributed by atoms with Crippen LogP contribution in [-0.2, 0) is 11.3 Å². The van der Waals surface area contributed by atoms with E-state index in [0.717, 1.165) is 11.3 Å². The summed E-state index contributed by atoms with van der Waals surface area (Å²) < 4.78 is 0. The first-order valence-corrected chi connectivity index (χ1v) is 9.03. The quantitative estimate of drug-likeness (QED) is 0.703. The van der Waals surface area contributed by atoms with Gasteiger partial charge in [0.25, 0.3) is 0 Å². The third-order valence-corrected chi connectivity index (χ3v) is 4.19. The molecule has 1 atom stereocenters. The minimum Gasteiger partial charge on any atom is -0.378 e. The van der Waals surface area contributed by atoms with E-state index in [1.165, 1.54) is 0 Å². The van der Waals surface area contributed by atoms with Crippen LogP contribution in [0.25, 0.3) is 0 Å². The summed E-state index contributed by atoms with van der Waals surface area (Å²) in [6.45, 7) is 4.22. The molecule has 0 fully saturated rings. The Morgan fingerprint density at radius 2 is 1.59 bits per heavy atom. The summed E-state index contributed by atoms with van der Waals surface area (Å²) >= 11 is 0. The van der Waals surface area contributed by atoms with Crippen molar-refractivity contribution in [2.24, 2.45) is 5.92 Å². The molecule has 0 aliphatic carbocycles. The number of nitrogens with zero attached hydrogens (tertiary/aromatic N) is 1. The predicted octanol–water partition coefficient (Wildman–Crippen LogP) is 3.22. The zero-order valence-corrected chi connectivity index (χ0v) is 16.3. The summed E-state index contributed by atoms with van der Waals surface area (Å²) in [5, 5.41) is 8.40. The Bertz CT molecular complexity index is 743. The fraction of sp³-hybridized carbons (Fsp3) is 0.333. The van der Waals surface area contributed by atoms with Gasteiger partial charge in [-0.05, 0) is 35.7 Å². The molecular formula is C21H28N4O2. The number of amides is 3. The zero-order chi connectivity index (χ0) is 19.8. The molecule has 6 nitrogen and oxygen atoms in total. The van der Waals surface area contributed by atoms with Gasteiger partial charge in [-0.25, -0.2) is 4.79 Å². The standard InChI is InChI=1S/C21H28N4O2/c1-15(2)19(24-21(27)23-17-8-6-5-7-9-17)20(26)22-14-16-10-12-18(13-11-16)25(3)4/h5-13,15,19H,14H2,1-4H3,(H,22,26)(H2,23,24,27). The molecule has 0 aromatic heterocycles. The van der Waals surface area contributed by atoms with Gasteiger partial charge in [0.05, 0.1) is 0 Å². The van der Waals surface area contributed by atoms with Crippen molar-refractivity contribution in [2.75, 3.05) is 24.3 Å². The van der Waals surface area contributed by atoms with Crippen LogP contribution in [-0.4, -0.2) is 32.1 Å². The molecular weight excluding hydrogens is 340 g/mol. The van der Waals surface area contributed by atoms with Crippen LogP contribution in [0.3, 0.4) is 0 Å². The van der Waals surface area contributed by atoms with Crippen LogP contribution >= 0.6 is 0 Å². The number of nitrogens with one attached hydrogen (secondary N) is 3. The lowest BCUT2D eigenvalue weighted by molar-refractivity contribution is -0.124. The van der Waals surface area contributed by atoms with Crippen LogP contribution in [0.1, 0.15) is 19.4 Å². The largest absolute Gasteiger partial charge is 0.378 e. The van der Waals surface area contributed by atoms with Crippen molar-refractivity contribution in [1.29, 1.82) is 0 Å². The molecule has 0 bridgehead atoms. The zero-order valence-electron chi connectivity index (χ0n) is 16.3. The van der Waals surface area contributed by atoms with E-state index in [9.17, 15) is 9.59 Å². The van der Waals surface area contributed by atoms with Crippen LogP contribution in [0.4, 0.5) is 16.2 Å². The lowest BCUT2D eigenvalue weighted by Gasteiger charge is -2.22. The number of anilines is 2. The Morgan fingerprint density at radius 1 is 0.963 bits per heavy atom. The molecule has 144 valence electrons. The summed E-state index contributed by atoms with van der Waals surface area (Å²) in [5.41, 5.74) is 2.79. The molecule has 2 rings (SSSR count). The predicted molar refractivity (Wildman–Crippen MR) is 110 cm³/mol. The molecule has 0 aliphatic heterocycles. The summed E-state index contributed by atoms with van der Waals surface area (Å²) in [7, 11) is 3.96. The van der Waals surface area contributed by atoms with Crippen LogP contribution in [0, 0.1) is 5.92 Å². The van der Waals surface area contributed by atoms with Gasteiger partial charge in [-0.2, -0.15) is 0 Å². The molecule has 27 heavy (non-hydrogen) atoms. The molecule has 2 aromatic rings. The minimum absolute atomic E-state index is 0.0392. The first kappa shape index (κ1) is 20.3. The van der Waals surface area contributed by atoms with Gasteiger partial charge >= 0.3 is 6.03 Å². The molecule has 3 amide bonds. The monoisotopic (exact) mass is 368 g/mol. The highest BCUT2D eigenvalue weighted by molar-refractivity contribution is 5.93. The Hall–Kier alpha value is -3.02. The van der Waals surface area contributed by atoms with E-state index in [-0.39, 0.29) is 11.8 Å². The molecule has 6 heteroatoms. The summed E-state index contributed by atoms with van der Waals surface area (Å²) in [4.78, 5) is 26.8. The van der Waals surface area contributed by atoms with Gasteiger partial charge in [-0.3, -0.25) is 4.79 Å². The molecule has 0 aliphatic rings.